The van der Waals surface area contributed by atoms with E-state index in [-0.39, 0.29) is 28.6 Å². The van der Waals surface area contributed by atoms with Gasteiger partial charge in [0.05, 0.1) is 22.7 Å². The Kier molecular flexibility index (Phi) is 6.35. The molecule has 5 aromatic rings. The van der Waals surface area contributed by atoms with E-state index in [4.69, 9.17) is 41.8 Å². The van der Waals surface area contributed by atoms with Crippen molar-refractivity contribution in [2.45, 2.75) is 0 Å². The Morgan fingerprint density at radius 1 is 0.897 bits per heavy atom. The van der Waals surface area contributed by atoms with Crippen LogP contribution in [0.4, 0.5) is 0 Å². The lowest BCUT2D eigenvalue weighted by Gasteiger charge is -2.07. The van der Waals surface area contributed by atoms with Crippen molar-refractivity contribution >= 4 is 52.0 Å². The largest absolute Gasteiger partial charge is 0.497 e. The normalized spacial score (nSPS) is 13.4. The highest BCUT2D eigenvalue weighted by molar-refractivity contribution is 6.43. The van der Waals surface area contributed by atoms with Gasteiger partial charge < -0.3 is 18.6 Å². The molecule has 192 valence electrons. The van der Waals surface area contributed by atoms with E-state index in [2.05, 4.69) is 0 Å². The summed E-state index contributed by atoms with van der Waals surface area (Å²) in [4.78, 5) is 26.5. The number of ketones is 1. The first kappa shape index (κ1) is 24.8. The quantitative estimate of drug-likeness (QED) is 0.123. The second kappa shape index (κ2) is 9.98. The Labute approximate surface area is 232 Å². The maximum atomic E-state index is 13.6. The van der Waals surface area contributed by atoms with Crippen LogP contribution < -0.4 is 14.2 Å². The molecule has 0 saturated heterocycles. The Morgan fingerprint density at radius 3 is 2.49 bits per heavy atom. The predicted octanol–water partition coefficient (Wildman–Crippen LogP) is 8.25. The molecule has 1 aliphatic heterocycles. The first-order valence-electron chi connectivity index (χ1n) is 11.8. The molecule has 0 saturated carbocycles. The van der Waals surface area contributed by atoms with Gasteiger partial charge in [0.25, 0.3) is 0 Å². The van der Waals surface area contributed by atoms with Crippen molar-refractivity contribution in [3.05, 3.63) is 117 Å². The molecule has 1 aliphatic rings. The molecule has 39 heavy (non-hydrogen) atoms. The third-order valence-electron chi connectivity index (χ3n) is 6.26. The Bertz CT molecular complexity index is 1800. The lowest BCUT2D eigenvalue weighted by atomic mass is 10.1. The summed E-state index contributed by atoms with van der Waals surface area (Å²) in [5.41, 5.74) is 2.37. The topological polar surface area (TPSA) is 75.0 Å². The number of allylic oxidation sites excluding steroid dienone is 1. The van der Waals surface area contributed by atoms with Gasteiger partial charge in [0.1, 0.15) is 34.2 Å². The zero-order valence-electron chi connectivity index (χ0n) is 20.4. The monoisotopic (exact) mass is 556 g/mol. The Balaban J connectivity index is 1.34. The minimum Gasteiger partial charge on any atom is -0.497 e. The number of Topliss-reactive ketones (excluding diaryl/α,β-unsaturated/α-hetero) is 1. The van der Waals surface area contributed by atoms with Crippen LogP contribution in [0.2, 0.25) is 10.0 Å². The number of ether oxygens (including phenoxy) is 3. The van der Waals surface area contributed by atoms with Crippen LogP contribution >= 0.6 is 23.2 Å². The van der Waals surface area contributed by atoms with Crippen LogP contribution in [-0.4, -0.2) is 18.9 Å². The van der Waals surface area contributed by atoms with Gasteiger partial charge >= 0.3 is 5.97 Å². The van der Waals surface area contributed by atoms with Crippen LogP contribution in [0, 0.1) is 0 Å². The van der Waals surface area contributed by atoms with Crippen molar-refractivity contribution in [2.75, 3.05) is 7.11 Å². The highest BCUT2D eigenvalue weighted by Gasteiger charge is 2.29. The van der Waals surface area contributed by atoms with Gasteiger partial charge in [-0.15, -0.1) is 0 Å². The van der Waals surface area contributed by atoms with Crippen molar-refractivity contribution in [3.63, 3.8) is 0 Å². The number of hydrogen-bond donors (Lipinski definition) is 0. The van der Waals surface area contributed by atoms with Crippen LogP contribution in [0.1, 0.15) is 26.3 Å². The molecule has 8 heteroatoms. The molecule has 1 aromatic heterocycles. The van der Waals surface area contributed by atoms with Crippen LogP contribution in [0.5, 0.6) is 17.2 Å². The van der Waals surface area contributed by atoms with Crippen molar-refractivity contribution in [1.82, 2.24) is 0 Å². The molecular weight excluding hydrogens is 539 g/mol. The average molecular weight is 557 g/mol. The fourth-order valence-electron chi connectivity index (χ4n) is 4.36. The molecule has 4 aromatic carbocycles. The first-order chi connectivity index (χ1) is 18.9. The van der Waals surface area contributed by atoms with Gasteiger partial charge in [0.15, 0.2) is 5.76 Å². The number of halogens is 2. The van der Waals surface area contributed by atoms with Crippen molar-refractivity contribution in [2.24, 2.45) is 0 Å². The second-order valence-corrected chi connectivity index (χ2v) is 9.45. The molecule has 0 spiro atoms. The molecule has 0 fully saturated rings. The van der Waals surface area contributed by atoms with Gasteiger partial charge in [-0.3, -0.25) is 4.79 Å². The fraction of sp³-hybridized carbons (Fsp3) is 0.0323. The van der Waals surface area contributed by atoms with Crippen LogP contribution in [0.15, 0.2) is 95.1 Å². The lowest BCUT2D eigenvalue weighted by Crippen LogP contribution is -2.09. The van der Waals surface area contributed by atoms with Crippen LogP contribution in [0.3, 0.4) is 0 Å². The van der Waals surface area contributed by atoms with Gasteiger partial charge in [-0.05, 0) is 48.0 Å². The molecule has 0 aliphatic carbocycles. The smallest absolute Gasteiger partial charge is 0.348 e. The number of carbonyl (C=O) groups excluding carboxylic acids is 2. The molecule has 6 nitrogen and oxygen atoms in total. The Morgan fingerprint density at radius 2 is 1.69 bits per heavy atom. The van der Waals surface area contributed by atoms with Gasteiger partial charge in [-0.25, -0.2) is 4.79 Å². The van der Waals surface area contributed by atoms with E-state index in [1.807, 2.05) is 30.3 Å². The highest BCUT2D eigenvalue weighted by Crippen LogP contribution is 2.39. The number of carbonyl (C=O) groups is 2. The van der Waals surface area contributed by atoms with Crippen molar-refractivity contribution in [1.29, 1.82) is 0 Å². The van der Waals surface area contributed by atoms with Gasteiger partial charge in [-0.2, -0.15) is 0 Å². The molecule has 0 radical (unpaired) electrons. The second-order valence-electron chi connectivity index (χ2n) is 8.66. The summed E-state index contributed by atoms with van der Waals surface area (Å²) < 4.78 is 23.0. The van der Waals surface area contributed by atoms with E-state index >= 15 is 0 Å². The van der Waals surface area contributed by atoms with Crippen molar-refractivity contribution < 1.29 is 28.2 Å². The van der Waals surface area contributed by atoms with E-state index in [1.165, 1.54) is 12.1 Å². The van der Waals surface area contributed by atoms with E-state index in [0.29, 0.717) is 43.7 Å². The Hall–Kier alpha value is -4.52. The molecule has 0 bridgehead atoms. The standard InChI is InChI=1S/C31H18Cl2O6/c1-36-19-11-13-24-22(15-19)27(30(39-24)17-6-3-2-4-7-17)31(35)37-20-10-12-21-25(16-20)38-26(29(21)34)14-18-8-5-9-23(32)28(18)33/h2-16H,1H3. The SMILES string of the molecule is COc1ccc2oc(-c3ccccc3)c(C(=O)Oc3ccc4c(c3)OC(=Cc3cccc(Cl)c3Cl)C4=O)c2c1. The van der Waals surface area contributed by atoms with E-state index in [0.717, 1.165) is 5.56 Å². The van der Waals surface area contributed by atoms with E-state index in [1.54, 1.807) is 55.6 Å². The maximum Gasteiger partial charge on any atom is 0.348 e. The number of hydrogen-bond acceptors (Lipinski definition) is 6. The summed E-state index contributed by atoms with van der Waals surface area (Å²) in [6.07, 6.45) is 1.53. The number of fused-ring (bicyclic) bond motifs is 2. The van der Waals surface area contributed by atoms with Gasteiger partial charge in [-0.1, -0.05) is 65.7 Å². The maximum absolute atomic E-state index is 13.6. The molecule has 0 amide bonds. The first-order valence-corrected chi connectivity index (χ1v) is 12.6. The molecule has 0 N–H and O–H groups in total. The van der Waals surface area contributed by atoms with E-state index in [9.17, 15) is 9.59 Å². The van der Waals surface area contributed by atoms with Crippen LogP contribution in [0.25, 0.3) is 28.4 Å². The summed E-state index contributed by atoms with van der Waals surface area (Å²) in [6.45, 7) is 0. The average Bonchev–Trinajstić information content (AvgIpc) is 3.48. The molecule has 2 heterocycles. The zero-order chi connectivity index (χ0) is 27.1. The summed E-state index contributed by atoms with van der Waals surface area (Å²) in [7, 11) is 1.55. The number of rotatable bonds is 5. The minimum absolute atomic E-state index is 0.0805. The third kappa shape index (κ3) is 4.54. The fourth-order valence-corrected chi connectivity index (χ4v) is 4.72. The number of furan rings is 1. The lowest BCUT2D eigenvalue weighted by molar-refractivity contribution is 0.0736. The van der Waals surface area contributed by atoms with Crippen molar-refractivity contribution in [3.8, 4) is 28.6 Å². The molecule has 0 unspecified atom stereocenters. The summed E-state index contributed by atoms with van der Waals surface area (Å²) in [5.74, 6) is 0.531. The van der Waals surface area contributed by atoms with Gasteiger partial charge in [0, 0.05) is 17.0 Å². The summed E-state index contributed by atoms with van der Waals surface area (Å²) in [5, 5.41) is 1.23. The number of benzene rings is 4. The van der Waals surface area contributed by atoms with E-state index < -0.39 is 5.97 Å². The van der Waals surface area contributed by atoms with Crippen LogP contribution in [-0.2, 0) is 0 Å². The van der Waals surface area contributed by atoms with Gasteiger partial charge in [0.2, 0.25) is 5.78 Å². The highest BCUT2D eigenvalue weighted by atomic mass is 35.5. The number of esters is 1. The number of methoxy groups -OCH3 is 1. The third-order valence-corrected chi connectivity index (χ3v) is 7.09. The predicted molar refractivity (Wildman–Crippen MR) is 149 cm³/mol. The minimum atomic E-state index is -0.633. The molecule has 0 atom stereocenters. The molecule has 6 rings (SSSR count). The summed E-state index contributed by atoms with van der Waals surface area (Å²) >= 11 is 12.4. The summed E-state index contributed by atoms with van der Waals surface area (Å²) in [6, 6.07) is 24.2. The molecular formula is C31H18Cl2O6. The zero-order valence-corrected chi connectivity index (χ0v) is 21.9.